The van der Waals surface area contributed by atoms with E-state index in [1.165, 1.54) is 19.3 Å². The van der Waals surface area contributed by atoms with Gasteiger partial charge in [0.2, 0.25) is 5.91 Å². The molecule has 3 amide bonds. The van der Waals surface area contributed by atoms with Gasteiger partial charge in [0.1, 0.15) is 5.75 Å². The minimum absolute atomic E-state index is 0.130. The number of rotatable bonds is 9. The van der Waals surface area contributed by atoms with Gasteiger partial charge in [-0.05, 0) is 48.9 Å². The van der Waals surface area contributed by atoms with Gasteiger partial charge in [-0.15, -0.1) is 0 Å². The van der Waals surface area contributed by atoms with E-state index in [2.05, 4.69) is 5.32 Å². The van der Waals surface area contributed by atoms with Crippen LogP contribution in [0.25, 0.3) is 0 Å². The van der Waals surface area contributed by atoms with E-state index >= 15 is 0 Å². The maximum absolute atomic E-state index is 12.8. The lowest BCUT2D eigenvalue weighted by atomic mass is 9.98. The Morgan fingerprint density at radius 1 is 1.00 bits per heavy atom. The summed E-state index contributed by atoms with van der Waals surface area (Å²) in [6.07, 6.45) is 6.38. The molecule has 1 fully saturated rings. The molecule has 6 nitrogen and oxygen atoms in total. The number of hydrogen-bond donors (Lipinski definition) is 2. The number of carbonyl (C=O) groups is 2. The number of amides is 3. The zero-order valence-corrected chi connectivity index (χ0v) is 17.4. The van der Waals surface area contributed by atoms with E-state index in [1.807, 2.05) is 54.6 Å². The maximum atomic E-state index is 12.8. The fraction of sp³-hybridized carbons (Fsp3) is 0.417. The normalized spacial score (nSPS) is 14.1. The molecule has 0 atom stereocenters. The minimum Gasteiger partial charge on any atom is -0.490 e. The van der Waals surface area contributed by atoms with Crippen molar-refractivity contribution in [1.29, 1.82) is 0 Å². The van der Waals surface area contributed by atoms with Gasteiger partial charge < -0.3 is 20.7 Å². The summed E-state index contributed by atoms with van der Waals surface area (Å²) in [5.74, 6) is 0.428. The van der Waals surface area contributed by atoms with Gasteiger partial charge in [-0.1, -0.05) is 48.9 Å². The van der Waals surface area contributed by atoms with E-state index in [0.29, 0.717) is 19.2 Å². The lowest BCUT2D eigenvalue weighted by Gasteiger charge is -2.24. The molecule has 160 valence electrons. The Balaban J connectivity index is 1.57. The van der Waals surface area contributed by atoms with Crippen LogP contribution in [0.3, 0.4) is 0 Å². The SMILES string of the molecule is NC(=O)CCN(Cc1ccccc1)C(=O)NCc1cccc(OC2CCCCC2)c1. The highest BCUT2D eigenvalue weighted by molar-refractivity contribution is 5.77. The van der Waals surface area contributed by atoms with Crippen molar-refractivity contribution in [3.8, 4) is 5.75 Å². The number of nitrogens with one attached hydrogen (secondary N) is 1. The molecular weight excluding hydrogens is 378 g/mol. The number of benzene rings is 2. The van der Waals surface area contributed by atoms with Crippen LogP contribution in [0, 0.1) is 0 Å². The molecule has 1 saturated carbocycles. The first-order valence-electron chi connectivity index (χ1n) is 10.7. The van der Waals surface area contributed by atoms with Crippen LogP contribution >= 0.6 is 0 Å². The quantitative estimate of drug-likeness (QED) is 0.657. The summed E-state index contributed by atoms with van der Waals surface area (Å²) in [6, 6.07) is 17.3. The molecule has 3 rings (SSSR count). The van der Waals surface area contributed by atoms with Crippen LogP contribution in [0.2, 0.25) is 0 Å². The largest absolute Gasteiger partial charge is 0.490 e. The number of nitrogens with zero attached hydrogens (tertiary/aromatic N) is 1. The molecule has 0 aromatic heterocycles. The fourth-order valence-corrected chi connectivity index (χ4v) is 3.70. The fourth-order valence-electron chi connectivity index (χ4n) is 3.70. The van der Waals surface area contributed by atoms with Gasteiger partial charge in [0.05, 0.1) is 6.10 Å². The second-order valence-corrected chi connectivity index (χ2v) is 7.81. The van der Waals surface area contributed by atoms with Crippen molar-refractivity contribution >= 4 is 11.9 Å². The Morgan fingerprint density at radius 2 is 1.73 bits per heavy atom. The lowest BCUT2D eigenvalue weighted by molar-refractivity contribution is -0.118. The van der Waals surface area contributed by atoms with E-state index in [0.717, 1.165) is 29.7 Å². The first kappa shape index (κ1) is 21.7. The van der Waals surface area contributed by atoms with Crippen molar-refractivity contribution in [2.24, 2.45) is 5.73 Å². The number of primary amides is 1. The van der Waals surface area contributed by atoms with Crippen LogP contribution in [0.15, 0.2) is 54.6 Å². The Bertz CT molecular complexity index is 819. The molecule has 1 aliphatic rings. The zero-order valence-electron chi connectivity index (χ0n) is 17.4. The third-order valence-corrected chi connectivity index (χ3v) is 5.33. The lowest BCUT2D eigenvalue weighted by Crippen LogP contribution is -2.40. The monoisotopic (exact) mass is 409 g/mol. The van der Waals surface area contributed by atoms with Crippen molar-refractivity contribution in [2.75, 3.05) is 6.54 Å². The molecule has 2 aromatic carbocycles. The molecule has 0 aliphatic heterocycles. The minimum atomic E-state index is -0.423. The Labute approximate surface area is 178 Å². The second-order valence-electron chi connectivity index (χ2n) is 7.81. The van der Waals surface area contributed by atoms with Gasteiger partial charge in [-0.2, -0.15) is 0 Å². The van der Waals surface area contributed by atoms with Gasteiger partial charge in [-0.25, -0.2) is 4.79 Å². The Morgan fingerprint density at radius 3 is 2.47 bits per heavy atom. The van der Waals surface area contributed by atoms with Crippen molar-refractivity contribution in [3.05, 3.63) is 65.7 Å². The van der Waals surface area contributed by atoms with Crippen LogP contribution in [0.5, 0.6) is 5.75 Å². The molecule has 2 aromatic rings. The molecule has 0 bridgehead atoms. The summed E-state index contributed by atoms with van der Waals surface area (Å²) in [5.41, 5.74) is 7.26. The summed E-state index contributed by atoms with van der Waals surface area (Å²) >= 11 is 0. The van der Waals surface area contributed by atoms with Crippen molar-refractivity contribution < 1.29 is 14.3 Å². The van der Waals surface area contributed by atoms with Gasteiger partial charge in [0.15, 0.2) is 0 Å². The maximum Gasteiger partial charge on any atom is 0.317 e. The van der Waals surface area contributed by atoms with Gasteiger partial charge in [0.25, 0.3) is 0 Å². The molecule has 1 aliphatic carbocycles. The molecule has 3 N–H and O–H groups in total. The summed E-state index contributed by atoms with van der Waals surface area (Å²) in [5, 5.41) is 2.95. The van der Waals surface area contributed by atoms with Crippen LogP contribution in [0.4, 0.5) is 4.79 Å². The molecule has 0 saturated heterocycles. The van der Waals surface area contributed by atoms with E-state index < -0.39 is 5.91 Å². The molecular formula is C24H31N3O3. The molecule has 0 spiro atoms. The highest BCUT2D eigenvalue weighted by Gasteiger charge is 2.16. The highest BCUT2D eigenvalue weighted by atomic mass is 16.5. The van der Waals surface area contributed by atoms with Crippen molar-refractivity contribution in [2.45, 2.75) is 57.7 Å². The molecule has 0 unspecified atom stereocenters. The van der Waals surface area contributed by atoms with E-state index in [1.54, 1.807) is 4.90 Å². The highest BCUT2D eigenvalue weighted by Crippen LogP contribution is 2.24. The average molecular weight is 410 g/mol. The molecule has 0 heterocycles. The van der Waals surface area contributed by atoms with Gasteiger partial charge in [-0.3, -0.25) is 4.79 Å². The predicted octanol–water partition coefficient (Wildman–Crippen LogP) is 3.99. The summed E-state index contributed by atoms with van der Waals surface area (Å²) in [4.78, 5) is 25.6. The molecule has 0 radical (unpaired) electrons. The van der Waals surface area contributed by atoms with Crippen molar-refractivity contribution in [1.82, 2.24) is 10.2 Å². The van der Waals surface area contributed by atoms with Gasteiger partial charge >= 0.3 is 6.03 Å². The van der Waals surface area contributed by atoms with E-state index in [4.69, 9.17) is 10.5 Å². The number of hydrogen-bond acceptors (Lipinski definition) is 3. The zero-order chi connectivity index (χ0) is 21.2. The number of ether oxygens (including phenoxy) is 1. The topological polar surface area (TPSA) is 84.7 Å². The predicted molar refractivity (Wildman–Crippen MR) is 117 cm³/mol. The van der Waals surface area contributed by atoms with Crippen molar-refractivity contribution in [3.63, 3.8) is 0 Å². The third-order valence-electron chi connectivity index (χ3n) is 5.33. The summed E-state index contributed by atoms with van der Waals surface area (Å²) < 4.78 is 6.12. The Kier molecular flexibility index (Phi) is 8.12. The molecule has 6 heteroatoms. The average Bonchev–Trinajstić information content (AvgIpc) is 2.76. The summed E-state index contributed by atoms with van der Waals surface area (Å²) in [6.45, 7) is 1.09. The number of urea groups is 1. The van der Waals surface area contributed by atoms with E-state index in [9.17, 15) is 9.59 Å². The smallest absolute Gasteiger partial charge is 0.317 e. The summed E-state index contributed by atoms with van der Waals surface area (Å²) in [7, 11) is 0. The molecule has 30 heavy (non-hydrogen) atoms. The standard InChI is InChI=1S/C24H31N3O3/c25-23(28)14-15-27(18-19-8-3-1-4-9-19)24(29)26-17-20-10-7-13-22(16-20)30-21-11-5-2-6-12-21/h1,3-4,7-10,13,16,21H,2,5-6,11-12,14-15,17-18H2,(H2,25,28)(H,26,29). The first-order chi connectivity index (χ1) is 14.6. The first-order valence-corrected chi connectivity index (χ1v) is 10.7. The van der Waals surface area contributed by atoms with Gasteiger partial charge in [0, 0.05) is 26.1 Å². The van der Waals surface area contributed by atoms with E-state index in [-0.39, 0.29) is 19.0 Å². The van der Waals surface area contributed by atoms with Crippen LogP contribution in [0.1, 0.15) is 49.7 Å². The Hall–Kier alpha value is -3.02. The van der Waals surface area contributed by atoms with Crippen LogP contribution in [-0.2, 0) is 17.9 Å². The number of carbonyl (C=O) groups excluding carboxylic acids is 2. The van der Waals surface area contributed by atoms with Crippen LogP contribution < -0.4 is 15.8 Å². The van der Waals surface area contributed by atoms with Crippen LogP contribution in [-0.4, -0.2) is 29.5 Å². The third kappa shape index (κ3) is 7.10. The number of nitrogens with two attached hydrogens (primary N) is 1. The second kappa shape index (κ2) is 11.2.